The summed E-state index contributed by atoms with van der Waals surface area (Å²) in [5.74, 6) is -0.325. The monoisotopic (exact) mass is 851 g/mol. The normalized spacial score (nSPS) is 15.5. The number of urea groups is 1. The van der Waals surface area contributed by atoms with Gasteiger partial charge < -0.3 is 40.5 Å². The Morgan fingerprint density at radius 2 is 1.36 bits per heavy atom. The second kappa shape index (κ2) is 21.0. The van der Waals surface area contributed by atoms with E-state index in [1.807, 2.05) is 0 Å². The minimum absolute atomic E-state index is 0.0111. The van der Waals surface area contributed by atoms with Crippen LogP contribution in [0.25, 0.3) is 0 Å². The number of hydrogen-bond acceptors (Lipinski definition) is 8. The van der Waals surface area contributed by atoms with E-state index < -0.39 is 17.6 Å². The first kappa shape index (κ1) is 44.6. The minimum Gasteiger partial charge on any atom is -0.483 e. The van der Waals surface area contributed by atoms with Gasteiger partial charge in [-0.3, -0.25) is 9.59 Å². The number of nitrogens with one attached hydrogen (secondary N) is 1. The van der Waals surface area contributed by atoms with Crippen molar-refractivity contribution < 1.29 is 42.9 Å². The number of amides is 4. The van der Waals surface area contributed by atoms with Gasteiger partial charge in [0.05, 0.1) is 29.9 Å². The molecule has 4 aromatic rings. The van der Waals surface area contributed by atoms with Gasteiger partial charge in [-0.15, -0.1) is 0 Å². The number of nitriles is 1. The summed E-state index contributed by atoms with van der Waals surface area (Å²) in [5.41, 5.74) is 6.96. The molecule has 312 valence electrons. The number of nitrogens with zero attached hydrogens (tertiary/aromatic N) is 3. The number of likely N-dealkylation sites (tertiary alicyclic amines) is 2. The summed E-state index contributed by atoms with van der Waals surface area (Å²) in [5, 5.41) is 32.9. The summed E-state index contributed by atoms with van der Waals surface area (Å²) in [4.78, 5) is 39.5. The number of carbonyl (C=O) groups excluding carboxylic acids is 3. The molecule has 0 bridgehead atoms. The van der Waals surface area contributed by atoms with Crippen molar-refractivity contribution in [1.82, 2.24) is 9.80 Å². The minimum atomic E-state index is -0.768. The molecule has 59 heavy (non-hydrogen) atoms. The molecule has 4 amide bonds. The number of nitrogens with two attached hydrogens (primary N) is 1. The second-order valence-electron chi connectivity index (χ2n) is 14.4. The second-order valence-corrected chi connectivity index (χ2v) is 15.3. The van der Waals surface area contributed by atoms with Crippen molar-refractivity contribution in [3.8, 4) is 17.6 Å². The topological polar surface area (TPSA) is 178 Å². The van der Waals surface area contributed by atoms with Gasteiger partial charge in [0.1, 0.15) is 23.1 Å². The lowest BCUT2D eigenvalue weighted by Gasteiger charge is -2.37. The van der Waals surface area contributed by atoms with Gasteiger partial charge in [-0.25, -0.2) is 13.6 Å². The Morgan fingerprint density at radius 1 is 0.831 bits per heavy atom. The molecule has 1 atom stereocenters. The third-order valence-corrected chi connectivity index (χ3v) is 10.9. The van der Waals surface area contributed by atoms with Gasteiger partial charge in [0.2, 0.25) is 0 Å². The molecular weight excluding hydrogens is 807 g/mol. The number of aliphatic hydroxyl groups excluding tert-OH is 2. The molecule has 0 aromatic heterocycles. The smallest absolute Gasteiger partial charge is 0.316 e. The summed E-state index contributed by atoms with van der Waals surface area (Å²) in [6, 6.07) is 23.1. The van der Waals surface area contributed by atoms with Crippen LogP contribution in [0.4, 0.5) is 19.3 Å². The third-order valence-electron chi connectivity index (χ3n) is 10.4. The van der Waals surface area contributed by atoms with Crippen LogP contribution < -0.4 is 20.5 Å². The number of halogens is 4. The van der Waals surface area contributed by atoms with Gasteiger partial charge in [-0.1, -0.05) is 47.5 Å². The summed E-state index contributed by atoms with van der Waals surface area (Å²) < 4.78 is 37.3. The van der Waals surface area contributed by atoms with Crippen molar-refractivity contribution >= 4 is 46.7 Å². The molecule has 2 saturated heterocycles. The molecule has 6 rings (SSSR count). The van der Waals surface area contributed by atoms with Crippen molar-refractivity contribution in [2.45, 2.75) is 44.8 Å². The summed E-state index contributed by atoms with van der Waals surface area (Å²) in [6.07, 6.45) is 2.19. The zero-order valence-electron chi connectivity index (χ0n) is 32.1. The number of carbonyl (C=O) groups is 3. The van der Waals surface area contributed by atoms with Crippen LogP contribution in [0.5, 0.6) is 11.5 Å². The molecule has 4 aromatic carbocycles. The van der Waals surface area contributed by atoms with Gasteiger partial charge >= 0.3 is 6.03 Å². The quantitative estimate of drug-likeness (QED) is 0.117. The maximum Gasteiger partial charge on any atom is 0.316 e. The molecule has 0 aliphatic carbocycles. The predicted molar refractivity (Wildman–Crippen MR) is 218 cm³/mol. The van der Waals surface area contributed by atoms with E-state index in [0.717, 1.165) is 5.56 Å². The number of rotatable bonds is 12. The average Bonchev–Trinajstić information content (AvgIpc) is 3.24. The third kappa shape index (κ3) is 12.8. The van der Waals surface area contributed by atoms with Crippen molar-refractivity contribution in [3.05, 3.63) is 123 Å². The standard InChI is InChI=1S/C22H22ClFN2O3.C21H23ClFN3O4/c23-18-3-6-20(17(11-18)13-27)29-14-21(28)26-9-7-22(15-25,8-10-26)12-16-1-4-19(24)5-2-16;22-15-3-6-18(17(11-15)25-21(24)29)30-12-19(27)26-9-7-14(8-10-26)20(28)13-1-4-16(23)5-2-13/h1-6,11,27H,7-10,12-14H2;1-6,11,14,20,28H,7-10,12H2,(H3,24,25,29). The molecule has 1 unspecified atom stereocenters. The Balaban J connectivity index is 0.000000224. The SMILES string of the molecule is N#CC1(Cc2ccc(F)cc2)CCN(C(=O)COc2ccc(Cl)cc2CO)CC1.NC(=O)Nc1cc(Cl)ccc1OCC(=O)N1CCC(C(O)c2ccc(F)cc2)CC1. The number of benzene rings is 4. The number of hydrogen-bond donors (Lipinski definition) is 4. The summed E-state index contributed by atoms with van der Waals surface area (Å²) in [7, 11) is 0. The van der Waals surface area contributed by atoms with Gasteiger partial charge in [0.25, 0.3) is 11.8 Å². The van der Waals surface area contributed by atoms with Crippen LogP contribution in [-0.4, -0.2) is 77.3 Å². The lowest BCUT2D eigenvalue weighted by molar-refractivity contribution is -0.136. The highest BCUT2D eigenvalue weighted by Gasteiger charge is 2.36. The number of ether oxygens (including phenoxy) is 2. The molecule has 2 aliphatic heterocycles. The van der Waals surface area contributed by atoms with E-state index in [9.17, 15) is 38.6 Å². The highest BCUT2D eigenvalue weighted by atomic mass is 35.5. The zero-order valence-corrected chi connectivity index (χ0v) is 33.6. The lowest BCUT2D eigenvalue weighted by atomic mass is 9.75. The van der Waals surface area contributed by atoms with Gasteiger partial charge in [0.15, 0.2) is 13.2 Å². The average molecular weight is 853 g/mol. The molecule has 5 N–H and O–H groups in total. The maximum absolute atomic E-state index is 13.1. The largest absolute Gasteiger partial charge is 0.483 e. The Hall–Kier alpha value is -5.46. The van der Waals surface area contributed by atoms with E-state index in [1.165, 1.54) is 30.3 Å². The van der Waals surface area contributed by atoms with E-state index in [-0.39, 0.29) is 60.6 Å². The maximum atomic E-state index is 13.1. The van der Waals surface area contributed by atoms with E-state index in [0.29, 0.717) is 85.2 Å². The fourth-order valence-corrected chi connectivity index (χ4v) is 7.40. The molecule has 0 spiro atoms. The van der Waals surface area contributed by atoms with Crippen LogP contribution in [0.1, 0.15) is 48.5 Å². The molecule has 0 saturated carbocycles. The van der Waals surface area contributed by atoms with Crippen molar-refractivity contribution in [2.24, 2.45) is 17.1 Å². The van der Waals surface area contributed by atoms with Gasteiger partial charge in [-0.05, 0) is 110 Å². The van der Waals surface area contributed by atoms with Crippen molar-refractivity contribution in [2.75, 3.05) is 44.7 Å². The zero-order chi connectivity index (χ0) is 42.5. The van der Waals surface area contributed by atoms with Crippen LogP contribution in [0.15, 0.2) is 84.9 Å². The first-order valence-electron chi connectivity index (χ1n) is 18.9. The Bertz CT molecular complexity index is 2110. The summed E-state index contributed by atoms with van der Waals surface area (Å²) >= 11 is 11.8. The first-order valence-corrected chi connectivity index (χ1v) is 19.7. The van der Waals surface area contributed by atoms with Gasteiger partial charge in [-0.2, -0.15) is 5.26 Å². The number of aliphatic hydroxyl groups is 2. The Labute approximate surface area is 351 Å². The van der Waals surface area contributed by atoms with Crippen LogP contribution in [0, 0.1) is 34.3 Å². The molecule has 16 heteroatoms. The van der Waals surface area contributed by atoms with E-state index >= 15 is 0 Å². The summed E-state index contributed by atoms with van der Waals surface area (Å²) in [6.45, 7) is 1.30. The van der Waals surface area contributed by atoms with Crippen LogP contribution in [0.3, 0.4) is 0 Å². The van der Waals surface area contributed by atoms with E-state index in [4.69, 9.17) is 38.4 Å². The molecule has 2 aliphatic rings. The Morgan fingerprint density at radius 3 is 1.92 bits per heavy atom. The highest BCUT2D eigenvalue weighted by Crippen LogP contribution is 2.35. The fourth-order valence-electron chi connectivity index (χ4n) is 7.03. The number of piperidine rings is 2. The van der Waals surface area contributed by atoms with Crippen LogP contribution >= 0.6 is 23.2 Å². The van der Waals surface area contributed by atoms with E-state index in [1.54, 1.807) is 64.4 Å². The molecule has 0 radical (unpaired) electrons. The highest BCUT2D eigenvalue weighted by molar-refractivity contribution is 6.31. The lowest BCUT2D eigenvalue weighted by Crippen LogP contribution is -2.45. The van der Waals surface area contributed by atoms with Crippen molar-refractivity contribution in [3.63, 3.8) is 0 Å². The molecule has 12 nitrogen and oxygen atoms in total. The number of primary amides is 1. The number of anilines is 1. The molecule has 2 fully saturated rings. The van der Waals surface area contributed by atoms with Gasteiger partial charge in [0, 0.05) is 41.8 Å². The Kier molecular flexibility index (Phi) is 15.9. The molecule has 2 heterocycles. The fraction of sp³-hybridized carbons (Fsp3) is 0.349. The van der Waals surface area contributed by atoms with Crippen LogP contribution in [-0.2, 0) is 22.6 Å². The predicted octanol–water partition coefficient (Wildman–Crippen LogP) is 7.05. The van der Waals surface area contributed by atoms with E-state index in [2.05, 4.69) is 11.4 Å². The van der Waals surface area contributed by atoms with Crippen LogP contribution in [0.2, 0.25) is 10.0 Å². The first-order chi connectivity index (χ1) is 28.3. The van der Waals surface area contributed by atoms with Crippen molar-refractivity contribution in [1.29, 1.82) is 5.26 Å². The molecular formula is C43H45Cl2F2N5O7.